The first-order valence-corrected chi connectivity index (χ1v) is 30.5. The normalized spacial score (nSPS) is 13.9. The topological polar surface area (TPSA) is 69.6 Å². The summed E-state index contributed by atoms with van der Waals surface area (Å²) >= 11 is 0. The summed E-state index contributed by atoms with van der Waals surface area (Å²) < 4.78 is 0. The number of carbonyl (C=O) groups is 1. The maximum absolute atomic E-state index is 12.5. The lowest BCUT2D eigenvalue weighted by molar-refractivity contribution is -0.123. The van der Waals surface area contributed by atoms with Gasteiger partial charge in [0.05, 0.1) is 18.8 Å². The summed E-state index contributed by atoms with van der Waals surface area (Å²) in [5.41, 5.74) is 0. The number of unbranched alkanes of at least 4 members (excludes halogenated alkanes) is 25. The molecule has 0 heterocycles. The lowest BCUT2D eigenvalue weighted by Gasteiger charge is -2.20. The van der Waals surface area contributed by atoms with Crippen molar-refractivity contribution in [2.24, 2.45) is 0 Å². The fourth-order valence-electron chi connectivity index (χ4n) is 8.48. The molecule has 4 heteroatoms. The Bertz CT molecular complexity index is 1510. The average Bonchev–Trinajstić information content (AvgIpc) is 3.40. The highest BCUT2D eigenvalue weighted by Gasteiger charge is 2.18. The molecule has 1 amide bonds. The molecule has 0 aliphatic rings. The van der Waals surface area contributed by atoms with Crippen LogP contribution in [0.1, 0.15) is 264 Å². The molecule has 0 bridgehead atoms. The minimum atomic E-state index is -0.859. The van der Waals surface area contributed by atoms with Gasteiger partial charge in [0.25, 0.3) is 0 Å². The summed E-state index contributed by atoms with van der Waals surface area (Å²) in [5, 5.41) is 23.2. The predicted octanol–water partition coefficient (Wildman–Crippen LogP) is 20.8. The molecule has 0 radical (unpaired) electrons. The number of aliphatic hydroxyl groups excluding tert-OH is 2. The Labute approximate surface area is 453 Å². The molecule has 0 aromatic carbocycles. The number of amides is 1. The molecule has 2 unspecified atom stereocenters. The quantitative estimate of drug-likeness (QED) is 0.0420. The summed E-state index contributed by atoms with van der Waals surface area (Å²) in [6, 6.07) is -0.645. The molecular weight excluding hydrogens is 891 g/mol. The molecule has 0 aromatic heterocycles. The van der Waals surface area contributed by atoms with E-state index in [-0.39, 0.29) is 12.5 Å². The summed E-state index contributed by atoms with van der Waals surface area (Å²) in [7, 11) is 0. The van der Waals surface area contributed by atoms with Crippen molar-refractivity contribution in [1.29, 1.82) is 0 Å². The maximum Gasteiger partial charge on any atom is 0.220 e. The third kappa shape index (κ3) is 59.0. The SMILES string of the molecule is CC/C=C\C/C=C\C/C=C\C/C=C\C/C=C\C/C=C\C/C=C\C/C=C\C/C=C\C/C=C\C/C=C\CCCCCCCC(=O)NC(CO)C(O)/C=C/CCCCCCCCCCCCCCCCCCCCCC. The summed E-state index contributed by atoms with van der Waals surface area (Å²) in [6.07, 6.45) is 98.7. The maximum atomic E-state index is 12.5. The van der Waals surface area contributed by atoms with Gasteiger partial charge in [-0.3, -0.25) is 4.79 Å². The molecule has 414 valence electrons. The number of allylic oxidation sites excluding steroid dienone is 23. The van der Waals surface area contributed by atoms with E-state index in [2.05, 4.69) is 153 Å². The Kier molecular flexibility index (Phi) is 59.4. The van der Waals surface area contributed by atoms with Crippen molar-refractivity contribution in [1.82, 2.24) is 5.32 Å². The molecule has 3 N–H and O–H groups in total. The van der Waals surface area contributed by atoms with Gasteiger partial charge in [0.15, 0.2) is 0 Å². The standard InChI is InChI=1S/C69H115NO3/c1-3-5-7-9-11-13-15-17-19-21-23-25-27-28-29-30-31-32-33-34-35-36-37-38-39-40-41-42-43-45-47-49-51-53-55-57-59-61-63-65-69(73)70-67(66-71)68(72)64-62-60-58-56-54-52-50-48-46-44-26-24-22-20-18-16-14-12-10-8-6-4-2/h5,7,11,13,17,19,23,25,28-29,31-32,34-35,37-38,40-41,43,45,49,51,62,64,67-68,71-72H,3-4,6,8-10,12,14-16,18,20-22,24,26-27,30,33,36,39,42,44,46-48,50,52-61,63,65-66H2,1-2H3,(H,70,73)/b7-5-,13-11-,19-17-,25-23-,29-28-,32-31-,35-34-,38-37-,41-40-,45-43-,51-49-,64-62+. The van der Waals surface area contributed by atoms with Gasteiger partial charge < -0.3 is 15.5 Å². The zero-order chi connectivity index (χ0) is 52.7. The van der Waals surface area contributed by atoms with Crippen molar-refractivity contribution >= 4 is 5.91 Å². The van der Waals surface area contributed by atoms with E-state index in [9.17, 15) is 15.0 Å². The van der Waals surface area contributed by atoms with Crippen LogP contribution in [0.2, 0.25) is 0 Å². The van der Waals surface area contributed by atoms with Crippen molar-refractivity contribution in [3.63, 3.8) is 0 Å². The van der Waals surface area contributed by atoms with E-state index in [0.717, 1.165) is 109 Å². The lowest BCUT2D eigenvalue weighted by Crippen LogP contribution is -2.45. The van der Waals surface area contributed by atoms with Gasteiger partial charge in [0.1, 0.15) is 0 Å². The van der Waals surface area contributed by atoms with Crippen LogP contribution in [0.4, 0.5) is 0 Å². The monoisotopic (exact) mass is 1010 g/mol. The molecule has 0 saturated carbocycles. The van der Waals surface area contributed by atoms with Crippen LogP contribution in [0, 0.1) is 0 Å². The molecule has 0 aromatic rings. The number of hydrogen-bond donors (Lipinski definition) is 3. The van der Waals surface area contributed by atoms with Crippen LogP contribution in [0.15, 0.2) is 146 Å². The van der Waals surface area contributed by atoms with E-state index < -0.39 is 12.1 Å². The fraction of sp³-hybridized carbons (Fsp3) is 0.638. The molecule has 0 spiro atoms. The lowest BCUT2D eigenvalue weighted by atomic mass is 10.0. The van der Waals surface area contributed by atoms with E-state index in [4.69, 9.17) is 0 Å². The molecule has 0 rings (SSSR count). The first kappa shape index (κ1) is 69.3. The van der Waals surface area contributed by atoms with E-state index in [1.165, 1.54) is 135 Å². The highest BCUT2D eigenvalue weighted by Crippen LogP contribution is 2.16. The van der Waals surface area contributed by atoms with Crippen molar-refractivity contribution in [2.45, 2.75) is 276 Å². The summed E-state index contributed by atoms with van der Waals surface area (Å²) in [6.45, 7) is 4.19. The van der Waals surface area contributed by atoms with E-state index in [1.807, 2.05) is 6.08 Å². The second-order valence-electron chi connectivity index (χ2n) is 20.0. The van der Waals surface area contributed by atoms with Gasteiger partial charge in [-0.2, -0.15) is 0 Å². The Hall–Kier alpha value is -3.73. The summed E-state index contributed by atoms with van der Waals surface area (Å²) in [5.74, 6) is -0.0868. The van der Waals surface area contributed by atoms with Crippen LogP contribution in [0.25, 0.3) is 0 Å². The highest BCUT2D eigenvalue weighted by molar-refractivity contribution is 5.76. The largest absolute Gasteiger partial charge is 0.394 e. The highest BCUT2D eigenvalue weighted by atomic mass is 16.3. The molecule has 0 aliphatic heterocycles. The minimum Gasteiger partial charge on any atom is -0.394 e. The van der Waals surface area contributed by atoms with Crippen molar-refractivity contribution in [3.05, 3.63) is 146 Å². The minimum absolute atomic E-state index is 0.0868. The van der Waals surface area contributed by atoms with Crippen LogP contribution < -0.4 is 5.32 Å². The van der Waals surface area contributed by atoms with Crippen molar-refractivity contribution in [2.75, 3.05) is 6.61 Å². The third-order valence-corrected chi connectivity index (χ3v) is 13.1. The summed E-state index contributed by atoms with van der Waals surface area (Å²) in [4.78, 5) is 12.5. The zero-order valence-electron chi connectivity index (χ0n) is 47.6. The van der Waals surface area contributed by atoms with Gasteiger partial charge in [-0.1, -0.05) is 301 Å². The Morgan fingerprint density at radius 3 is 0.904 bits per heavy atom. The molecule has 4 nitrogen and oxygen atoms in total. The van der Waals surface area contributed by atoms with E-state index >= 15 is 0 Å². The van der Waals surface area contributed by atoms with Crippen LogP contribution in [0.3, 0.4) is 0 Å². The van der Waals surface area contributed by atoms with Crippen LogP contribution in [-0.4, -0.2) is 34.9 Å². The van der Waals surface area contributed by atoms with Gasteiger partial charge in [-0.05, 0) is 103 Å². The van der Waals surface area contributed by atoms with Crippen LogP contribution in [0.5, 0.6) is 0 Å². The van der Waals surface area contributed by atoms with Crippen molar-refractivity contribution < 1.29 is 15.0 Å². The number of rotatable bonds is 54. The molecule has 73 heavy (non-hydrogen) atoms. The van der Waals surface area contributed by atoms with Crippen molar-refractivity contribution in [3.8, 4) is 0 Å². The smallest absolute Gasteiger partial charge is 0.220 e. The van der Waals surface area contributed by atoms with Crippen LogP contribution in [-0.2, 0) is 4.79 Å². The molecular formula is C69H115NO3. The Morgan fingerprint density at radius 2 is 0.603 bits per heavy atom. The molecule has 0 saturated heterocycles. The van der Waals surface area contributed by atoms with Gasteiger partial charge in [0, 0.05) is 6.42 Å². The number of hydrogen-bond acceptors (Lipinski definition) is 3. The van der Waals surface area contributed by atoms with Gasteiger partial charge in [0.2, 0.25) is 5.91 Å². The number of aliphatic hydroxyl groups is 2. The first-order valence-electron chi connectivity index (χ1n) is 30.5. The van der Waals surface area contributed by atoms with Gasteiger partial charge in [-0.15, -0.1) is 0 Å². The molecule has 0 aliphatic carbocycles. The number of nitrogens with one attached hydrogen (secondary N) is 1. The Morgan fingerprint density at radius 1 is 0.342 bits per heavy atom. The zero-order valence-corrected chi connectivity index (χ0v) is 47.6. The molecule has 2 atom stereocenters. The van der Waals surface area contributed by atoms with E-state index in [0.29, 0.717) is 6.42 Å². The number of carbonyl (C=O) groups excluding carboxylic acids is 1. The van der Waals surface area contributed by atoms with Gasteiger partial charge >= 0.3 is 0 Å². The molecule has 0 fully saturated rings. The predicted molar refractivity (Wildman–Crippen MR) is 326 cm³/mol. The second-order valence-corrected chi connectivity index (χ2v) is 20.0. The van der Waals surface area contributed by atoms with Gasteiger partial charge in [-0.25, -0.2) is 0 Å². The Balaban J connectivity index is 3.66. The average molecular weight is 1010 g/mol. The first-order chi connectivity index (χ1) is 36.2. The third-order valence-electron chi connectivity index (χ3n) is 13.1. The fourth-order valence-corrected chi connectivity index (χ4v) is 8.48. The van der Waals surface area contributed by atoms with E-state index in [1.54, 1.807) is 6.08 Å². The second kappa shape index (κ2) is 62.6. The van der Waals surface area contributed by atoms with Crippen LogP contribution >= 0.6 is 0 Å².